The van der Waals surface area contributed by atoms with Gasteiger partial charge in [-0.3, -0.25) is 0 Å². The third kappa shape index (κ3) is 6.73. The quantitative estimate of drug-likeness (QED) is 0.155. The molecule has 378 valence electrons. The molecule has 0 radical (unpaired) electrons. The van der Waals surface area contributed by atoms with Gasteiger partial charge in [0.1, 0.15) is 11.2 Å². The number of hydrogen-bond donors (Lipinski definition) is 0. The van der Waals surface area contributed by atoms with Crippen LogP contribution in [0.3, 0.4) is 0 Å². The van der Waals surface area contributed by atoms with Gasteiger partial charge in [0.05, 0.1) is 11.1 Å². The van der Waals surface area contributed by atoms with Crippen molar-refractivity contribution in [2.24, 2.45) is 0 Å². The lowest BCUT2D eigenvalue weighted by Gasteiger charge is -2.51. The highest BCUT2D eigenvalue weighted by atomic mass is 16.3. The number of fused-ring (bicyclic) bond motifs is 11. The predicted molar refractivity (Wildman–Crippen MR) is 330 cm³/mol. The number of benzene rings is 10. The smallest absolute Gasteiger partial charge is 0.333 e. The zero-order valence-electron chi connectivity index (χ0n) is 45.9. The maximum Gasteiger partial charge on any atom is 0.333 e. The summed E-state index contributed by atoms with van der Waals surface area (Å²) in [7, 11) is 0. The van der Waals surface area contributed by atoms with Crippen LogP contribution < -0.4 is 25.5 Å². The summed E-state index contributed by atoms with van der Waals surface area (Å²) in [4.78, 5) is 7.93. The van der Waals surface area contributed by atoms with Crippen molar-refractivity contribution in [3.8, 4) is 33.4 Å². The van der Waals surface area contributed by atoms with Gasteiger partial charge in [0, 0.05) is 56.2 Å². The number of para-hydroxylation sites is 3. The van der Waals surface area contributed by atoms with E-state index in [0.717, 1.165) is 51.8 Å². The summed E-state index contributed by atoms with van der Waals surface area (Å²) in [5.74, 6) is 0. The first-order chi connectivity index (χ1) is 37.8. The largest absolute Gasteiger partial charge is 0.456 e. The molecule has 11 aromatic rings. The molecule has 5 heteroatoms. The monoisotopic (exact) mass is 1010 g/mol. The van der Waals surface area contributed by atoms with Gasteiger partial charge in [-0.2, -0.15) is 0 Å². The number of anilines is 8. The molecule has 0 bridgehead atoms. The minimum atomic E-state index is -0.273. The van der Waals surface area contributed by atoms with Gasteiger partial charge in [-0.15, -0.1) is 0 Å². The first-order valence-corrected chi connectivity index (χ1v) is 28.0. The Hall–Kier alpha value is -8.54. The summed E-state index contributed by atoms with van der Waals surface area (Å²) in [5.41, 5.74) is 28.9. The van der Waals surface area contributed by atoms with Crippen molar-refractivity contribution in [2.45, 2.75) is 84.5 Å². The zero-order valence-corrected chi connectivity index (χ0v) is 45.9. The van der Waals surface area contributed by atoms with Crippen LogP contribution in [0, 0.1) is 13.8 Å². The Bertz CT molecular complexity index is 4210. The molecule has 4 nitrogen and oxygen atoms in total. The zero-order chi connectivity index (χ0) is 53.0. The van der Waals surface area contributed by atoms with Crippen molar-refractivity contribution in [3.63, 3.8) is 0 Å². The molecule has 0 fully saturated rings. The maximum absolute atomic E-state index is 6.89. The van der Waals surface area contributed by atoms with Crippen LogP contribution in [0.25, 0.3) is 55.3 Å². The fourth-order valence-corrected chi connectivity index (χ4v) is 14.4. The Morgan fingerprint density at radius 3 is 1.78 bits per heavy atom. The summed E-state index contributed by atoms with van der Waals surface area (Å²) in [6.07, 6.45) is 2.30. The third-order valence-electron chi connectivity index (χ3n) is 18.5. The van der Waals surface area contributed by atoms with Crippen LogP contribution >= 0.6 is 0 Å². The van der Waals surface area contributed by atoms with E-state index in [-0.39, 0.29) is 23.1 Å². The van der Waals surface area contributed by atoms with Crippen LogP contribution in [-0.4, -0.2) is 6.85 Å². The van der Waals surface area contributed by atoms with Crippen LogP contribution in [0.15, 0.2) is 211 Å². The molecule has 0 amide bonds. The van der Waals surface area contributed by atoms with Gasteiger partial charge in [0.25, 0.3) is 0 Å². The van der Waals surface area contributed by atoms with E-state index in [9.17, 15) is 0 Å². The summed E-state index contributed by atoms with van der Waals surface area (Å²) >= 11 is 0. The maximum atomic E-state index is 6.89. The Morgan fingerprint density at radius 1 is 0.462 bits per heavy atom. The van der Waals surface area contributed by atoms with E-state index >= 15 is 0 Å². The lowest BCUT2D eigenvalue weighted by atomic mass is 9.42. The SMILES string of the molecule is Cc1cc(-c2ccccc2)ccc1N(c1cc2c3c(c1)N1c4ccccc4C(C)(C)c4cccc(c41)B3N(c1ccc3c(c1)C(C)(C)CCC3(C)C)c1c-2ccc2oc3ccccc3c12)c1ccc(-c2ccccc2)cc1C. The summed E-state index contributed by atoms with van der Waals surface area (Å²) in [6, 6.07) is 77.7. The molecule has 10 aromatic carbocycles. The van der Waals surface area contributed by atoms with Crippen molar-refractivity contribution in [3.05, 3.63) is 240 Å². The van der Waals surface area contributed by atoms with E-state index in [1.54, 1.807) is 0 Å². The Morgan fingerprint density at radius 2 is 1.09 bits per heavy atom. The summed E-state index contributed by atoms with van der Waals surface area (Å²) in [6.45, 7) is 19.0. The van der Waals surface area contributed by atoms with Gasteiger partial charge in [0.2, 0.25) is 0 Å². The van der Waals surface area contributed by atoms with Crippen molar-refractivity contribution in [2.75, 3.05) is 14.6 Å². The molecule has 78 heavy (non-hydrogen) atoms. The second-order valence-corrected chi connectivity index (χ2v) is 24.4. The summed E-state index contributed by atoms with van der Waals surface area (Å²) in [5, 5.41) is 2.27. The minimum Gasteiger partial charge on any atom is -0.456 e. The van der Waals surface area contributed by atoms with Gasteiger partial charge in [-0.1, -0.05) is 175 Å². The molecule has 4 heterocycles. The van der Waals surface area contributed by atoms with Crippen LogP contribution in [0.1, 0.15) is 87.8 Å². The van der Waals surface area contributed by atoms with Crippen molar-refractivity contribution in [1.82, 2.24) is 0 Å². The molecule has 0 atom stereocenters. The fourth-order valence-electron chi connectivity index (χ4n) is 14.4. The molecular formula is C73H62BN3O. The van der Waals surface area contributed by atoms with Crippen molar-refractivity contribution >= 4 is 85.2 Å². The number of nitrogens with zero attached hydrogens (tertiary/aromatic N) is 3. The molecule has 0 unspecified atom stereocenters. The van der Waals surface area contributed by atoms with Crippen molar-refractivity contribution < 1.29 is 4.42 Å². The first-order valence-electron chi connectivity index (χ1n) is 28.0. The average molecular weight is 1010 g/mol. The second-order valence-electron chi connectivity index (χ2n) is 24.4. The molecule has 1 aliphatic carbocycles. The molecular weight excluding hydrogens is 946 g/mol. The van der Waals surface area contributed by atoms with Gasteiger partial charge in [0.15, 0.2) is 0 Å². The topological polar surface area (TPSA) is 22.9 Å². The number of hydrogen-bond acceptors (Lipinski definition) is 4. The third-order valence-corrected chi connectivity index (χ3v) is 18.5. The lowest BCUT2D eigenvalue weighted by molar-refractivity contribution is 0.332. The standard InChI is InChI=1S/C73H62BN3O/c1-45-40-49(47-20-11-9-12-21-47)30-35-61(45)75(62-36-31-50(41-46(62)2)48-22-13-10-14-23-48)52-42-55-53-33-37-66-67(54-24-15-18-29-65(54)78-66)69(53)77(51-32-34-56-59(43-51)72(5,6)39-38-71(56,3)4)74-60-27-19-26-58-70(60)76(64(44-52)68(55)74)63-28-17-16-25-57(63)73(58,7)8/h9-37,40-44H,38-39H2,1-8H3. The second kappa shape index (κ2) is 16.7. The lowest BCUT2D eigenvalue weighted by Crippen LogP contribution is -2.62. The first kappa shape index (κ1) is 46.7. The van der Waals surface area contributed by atoms with Crippen LogP contribution in [0.5, 0.6) is 0 Å². The molecule has 3 aliphatic heterocycles. The van der Waals surface area contributed by atoms with Gasteiger partial charge < -0.3 is 19.0 Å². The highest BCUT2D eigenvalue weighted by Crippen LogP contribution is 2.58. The highest BCUT2D eigenvalue weighted by molar-refractivity contribution is 6.94. The minimum absolute atomic E-state index is 0.00707. The molecule has 4 aliphatic rings. The highest BCUT2D eigenvalue weighted by Gasteiger charge is 2.51. The molecule has 0 spiro atoms. The van der Waals surface area contributed by atoms with Gasteiger partial charge >= 0.3 is 6.85 Å². The van der Waals surface area contributed by atoms with Gasteiger partial charge in [-0.05, 0) is 182 Å². The normalized spacial score (nSPS) is 15.8. The van der Waals surface area contributed by atoms with E-state index in [4.69, 9.17) is 4.42 Å². The van der Waals surface area contributed by atoms with E-state index in [1.165, 1.54) is 106 Å². The van der Waals surface area contributed by atoms with E-state index in [0.29, 0.717) is 0 Å². The van der Waals surface area contributed by atoms with Crippen LogP contribution in [0.4, 0.5) is 45.5 Å². The van der Waals surface area contributed by atoms with Crippen LogP contribution in [0.2, 0.25) is 0 Å². The molecule has 1 aromatic heterocycles. The van der Waals surface area contributed by atoms with Gasteiger partial charge in [-0.25, -0.2) is 0 Å². The number of rotatable bonds is 6. The predicted octanol–water partition coefficient (Wildman–Crippen LogP) is 18.7. The van der Waals surface area contributed by atoms with Crippen molar-refractivity contribution in [1.29, 1.82) is 0 Å². The fraction of sp³-hybridized carbons (Fsp3) is 0.178. The molecule has 15 rings (SSSR count). The Labute approximate surface area is 459 Å². The summed E-state index contributed by atoms with van der Waals surface area (Å²) < 4.78 is 6.89. The molecule has 0 saturated heterocycles. The molecule has 0 N–H and O–H groups in total. The van der Waals surface area contributed by atoms with E-state index < -0.39 is 0 Å². The van der Waals surface area contributed by atoms with E-state index in [2.05, 4.69) is 276 Å². The molecule has 0 saturated carbocycles. The Balaban J connectivity index is 1.07. The number of aryl methyl sites for hydroxylation is 2. The average Bonchev–Trinajstić information content (AvgIpc) is 3.71. The number of furan rings is 1. The van der Waals surface area contributed by atoms with E-state index in [1.807, 2.05) is 0 Å². The Kier molecular flexibility index (Phi) is 10.0. The van der Waals surface area contributed by atoms with Crippen LogP contribution in [-0.2, 0) is 16.2 Å².